The van der Waals surface area contributed by atoms with E-state index in [2.05, 4.69) is 17.5 Å². The first-order valence-corrected chi connectivity index (χ1v) is 13.6. The summed E-state index contributed by atoms with van der Waals surface area (Å²) in [7, 11) is 0. The number of allylic oxidation sites excluding steroid dienone is 5. The first kappa shape index (κ1) is 25.9. The number of piperidine rings is 1. The molecule has 2 bridgehead atoms. The highest BCUT2D eigenvalue weighted by atomic mass is 19.1. The van der Waals surface area contributed by atoms with Gasteiger partial charge in [-0.3, -0.25) is 9.59 Å². The number of rotatable bonds is 8. The number of fused-ring (bicyclic) bond motifs is 3. The number of carbonyl (C=O) groups is 2. The van der Waals surface area contributed by atoms with Gasteiger partial charge in [-0.2, -0.15) is 0 Å². The number of nitrogens with one attached hydrogen (secondary N) is 1. The average Bonchev–Trinajstić information content (AvgIpc) is 3.18. The number of amides is 2. The molecule has 198 valence electrons. The van der Waals surface area contributed by atoms with Crippen LogP contribution in [0, 0.1) is 23.1 Å². The monoisotopic (exact) mass is 508 g/mol. The minimum atomic E-state index is -0.912. The second-order valence-electron chi connectivity index (χ2n) is 10.7. The molecule has 2 fully saturated rings. The van der Waals surface area contributed by atoms with E-state index in [0.29, 0.717) is 51.9 Å². The lowest BCUT2D eigenvalue weighted by molar-refractivity contribution is -0.154. The average molecular weight is 509 g/mol. The van der Waals surface area contributed by atoms with Gasteiger partial charge in [0.1, 0.15) is 5.82 Å². The summed E-state index contributed by atoms with van der Waals surface area (Å²) in [6.07, 6.45) is 11.5. The summed E-state index contributed by atoms with van der Waals surface area (Å²) >= 11 is 0. The van der Waals surface area contributed by atoms with Gasteiger partial charge in [0.05, 0.1) is 17.6 Å². The first-order valence-electron chi connectivity index (χ1n) is 13.6. The van der Waals surface area contributed by atoms with Gasteiger partial charge >= 0.3 is 0 Å². The molecular formula is C30H37FN2O4. The molecule has 0 aromatic heterocycles. The van der Waals surface area contributed by atoms with Gasteiger partial charge in [0, 0.05) is 38.6 Å². The lowest BCUT2D eigenvalue weighted by atomic mass is 9.56. The van der Waals surface area contributed by atoms with Crippen LogP contribution in [0.4, 0.5) is 4.39 Å². The van der Waals surface area contributed by atoms with Crippen molar-refractivity contribution in [3.8, 4) is 0 Å². The second kappa shape index (κ2) is 10.9. The van der Waals surface area contributed by atoms with Crippen LogP contribution in [-0.2, 0) is 20.9 Å². The molecule has 37 heavy (non-hydrogen) atoms. The van der Waals surface area contributed by atoms with Crippen molar-refractivity contribution in [2.75, 3.05) is 19.8 Å². The van der Waals surface area contributed by atoms with Crippen molar-refractivity contribution in [1.29, 1.82) is 0 Å². The van der Waals surface area contributed by atoms with Crippen LogP contribution in [0.1, 0.15) is 51.0 Å². The number of likely N-dealkylation sites (tertiary alicyclic amines) is 1. The van der Waals surface area contributed by atoms with E-state index in [0.717, 1.165) is 17.6 Å². The molecule has 1 aromatic rings. The molecule has 1 aromatic carbocycles. The molecule has 2 N–H and O–H groups in total. The molecule has 2 amide bonds. The van der Waals surface area contributed by atoms with Crippen molar-refractivity contribution in [2.24, 2.45) is 17.3 Å². The fraction of sp³-hybridized carbons (Fsp3) is 0.533. The standard InChI is InChI=1S/C30H37FN2O4/c1-2-37-16-4-15-33-27(35)13-14-30(29(36)32-19-20-7-10-23(31)11-8-20)22-6-3-5-21-9-12-24(34)18-26(28(30)33)25(21)17-22/h3,5-8,10-11,17,24-26,28,34H,2,4,9,12-16,18-19H2,1H3,(H,32,36). The quantitative estimate of drug-likeness (QED) is 0.519. The third kappa shape index (κ3) is 4.91. The molecule has 1 saturated carbocycles. The van der Waals surface area contributed by atoms with E-state index in [1.165, 1.54) is 17.7 Å². The number of halogens is 1. The van der Waals surface area contributed by atoms with Gasteiger partial charge in [-0.15, -0.1) is 0 Å². The topological polar surface area (TPSA) is 78.9 Å². The van der Waals surface area contributed by atoms with E-state index in [1.54, 1.807) is 12.1 Å². The fourth-order valence-corrected chi connectivity index (χ4v) is 6.92. The van der Waals surface area contributed by atoms with Crippen LogP contribution in [-0.4, -0.2) is 53.7 Å². The van der Waals surface area contributed by atoms with Crippen LogP contribution in [0.5, 0.6) is 0 Å². The Bertz CT molecular complexity index is 1110. The normalized spacial score (nSPS) is 30.6. The van der Waals surface area contributed by atoms with Crippen molar-refractivity contribution in [1.82, 2.24) is 10.2 Å². The Hall–Kier alpha value is -2.77. The summed E-state index contributed by atoms with van der Waals surface area (Å²) in [5.74, 6) is -0.327. The van der Waals surface area contributed by atoms with Crippen molar-refractivity contribution >= 4 is 11.8 Å². The predicted octanol–water partition coefficient (Wildman–Crippen LogP) is 4.06. The largest absolute Gasteiger partial charge is 0.393 e. The molecule has 7 heteroatoms. The minimum Gasteiger partial charge on any atom is -0.393 e. The highest BCUT2D eigenvalue weighted by Gasteiger charge is 2.60. The van der Waals surface area contributed by atoms with Gasteiger partial charge in [0.25, 0.3) is 0 Å². The molecule has 3 aliphatic carbocycles. The van der Waals surface area contributed by atoms with Gasteiger partial charge in [-0.05, 0) is 68.2 Å². The number of hydrogen-bond donors (Lipinski definition) is 2. The van der Waals surface area contributed by atoms with Crippen molar-refractivity contribution in [3.05, 3.63) is 71.1 Å². The second-order valence-corrected chi connectivity index (χ2v) is 10.7. The van der Waals surface area contributed by atoms with Crippen molar-refractivity contribution in [3.63, 3.8) is 0 Å². The van der Waals surface area contributed by atoms with Gasteiger partial charge < -0.3 is 20.1 Å². The van der Waals surface area contributed by atoms with Crippen LogP contribution in [0.25, 0.3) is 0 Å². The van der Waals surface area contributed by atoms with Crippen molar-refractivity contribution < 1.29 is 23.8 Å². The van der Waals surface area contributed by atoms with Crippen molar-refractivity contribution in [2.45, 2.75) is 64.1 Å². The number of benzene rings is 1. The maximum atomic E-state index is 14.3. The van der Waals surface area contributed by atoms with Crippen LogP contribution >= 0.6 is 0 Å². The zero-order valence-electron chi connectivity index (χ0n) is 21.5. The molecule has 0 spiro atoms. The van der Waals surface area contributed by atoms with E-state index in [4.69, 9.17) is 4.74 Å². The Labute approximate surface area is 218 Å². The summed E-state index contributed by atoms with van der Waals surface area (Å²) in [5, 5.41) is 14.0. The summed E-state index contributed by atoms with van der Waals surface area (Å²) in [6.45, 7) is 3.93. The van der Waals surface area contributed by atoms with Gasteiger partial charge in [-0.25, -0.2) is 4.39 Å². The number of carbonyl (C=O) groups excluding carboxylic acids is 2. The number of nitrogens with zero attached hydrogens (tertiary/aromatic N) is 1. The summed E-state index contributed by atoms with van der Waals surface area (Å²) in [5.41, 5.74) is 2.13. The zero-order chi connectivity index (χ0) is 26.0. The van der Waals surface area contributed by atoms with Crippen LogP contribution < -0.4 is 5.32 Å². The number of hydrogen-bond acceptors (Lipinski definition) is 4. The molecule has 1 aliphatic heterocycles. The SMILES string of the molecule is CCOCCCN1C(=O)CCC2(C(=O)NCc3ccc(F)cc3)C3=CC4C(=CC=C3)CCC(O)CC4C12. The molecule has 5 atom stereocenters. The molecule has 1 heterocycles. The molecule has 5 rings (SSSR count). The third-order valence-electron chi connectivity index (χ3n) is 8.62. The lowest BCUT2D eigenvalue weighted by Crippen LogP contribution is -2.66. The molecular weight excluding hydrogens is 471 g/mol. The molecule has 4 aliphatic rings. The Morgan fingerprint density at radius 1 is 1.27 bits per heavy atom. The van der Waals surface area contributed by atoms with E-state index in [1.807, 2.05) is 24.0 Å². The van der Waals surface area contributed by atoms with Gasteiger partial charge in [0.15, 0.2) is 0 Å². The van der Waals surface area contributed by atoms with Gasteiger partial charge in [-0.1, -0.05) is 42.0 Å². The molecule has 1 saturated heterocycles. The predicted molar refractivity (Wildman–Crippen MR) is 139 cm³/mol. The third-order valence-corrected chi connectivity index (χ3v) is 8.62. The van der Waals surface area contributed by atoms with E-state index < -0.39 is 11.5 Å². The molecule has 0 radical (unpaired) electrons. The maximum Gasteiger partial charge on any atom is 0.233 e. The summed E-state index contributed by atoms with van der Waals surface area (Å²) in [4.78, 5) is 29.6. The van der Waals surface area contributed by atoms with Crippen LogP contribution in [0.15, 0.2) is 59.7 Å². The first-order chi connectivity index (χ1) is 17.9. The van der Waals surface area contributed by atoms with Crippen LogP contribution in [0.3, 0.4) is 0 Å². The van der Waals surface area contributed by atoms with E-state index in [9.17, 15) is 19.1 Å². The smallest absolute Gasteiger partial charge is 0.233 e. The Morgan fingerprint density at radius 2 is 2.08 bits per heavy atom. The maximum absolute atomic E-state index is 14.3. The Kier molecular flexibility index (Phi) is 7.63. The fourth-order valence-electron chi connectivity index (χ4n) is 6.92. The minimum absolute atomic E-state index is 0.0553. The van der Waals surface area contributed by atoms with Crippen LogP contribution in [0.2, 0.25) is 0 Å². The summed E-state index contributed by atoms with van der Waals surface area (Å²) in [6, 6.07) is 5.78. The molecule has 5 unspecified atom stereocenters. The van der Waals surface area contributed by atoms with Gasteiger partial charge in [0.2, 0.25) is 11.8 Å². The lowest BCUT2D eigenvalue weighted by Gasteiger charge is -2.56. The molecule has 6 nitrogen and oxygen atoms in total. The highest BCUT2D eigenvalue weighted by molar-refractivity contribution is 5.92. The van der Waals surface area contributed by atoms with E-state index in [-0.39, 0.29) is 42.1 Å². The summed E-state index contributed by atoms with van der Waals surface area (Å²) < 4.78 is 19.0. The number of ether oxygens (including phenoxy) is 1. The highest BCUT2D eigenvalue weighted by Crippen LogP contribution is 2.56. The Morgan fingerprint density at radius 3 is 2.86 bits per heavy atom. The number of aliphatic hydroxyl groups excluding tert-OH is 1. The Balaban J connectivity index is 1.54. The zero-order valence-corrected chi connectivity index (χ0v) is 21.5. The number of aliphatic hydroxyl groups is 1. The van der Waals surface area contributed by atoms with E-state index >= 15 is 0 Å².